The van der Waals surface area contributed by atoms with E-state index >= 15 is 0 Å². The van der Waals surface area contributed by atoms with E-state index in [0.29, 0.717) is 5.96 Å². The van der Waals surface area contributed by atoms with E-state index < -0.39 is 0 Å². The zero-order valence-electron chi connectivity index (χ0n) is 24.1. The van der Waals surface area contributed by atoms with Crippen molar-refractivity contribution < 1.29 is 0 Å². The Balaban J connectivity index is 1.38. The number of para-hydroxylation sites is 2. The predicted octanol–water partition coefficient (Wildman–Crippen LogP) is 8.65. The van der Waals surface area contributed by atoms with Crippen LogP contribution in [0, 0.1) is 0 Å². The smallest absolute Gasteiger partial charge is 0.234 e. The van der Waals surface area contributed by atoms with Crippen molar-refractivity contribution in [2.24, 2.45) is 9.98 Å². The molecule has 1 unspecified atom stereocenters. The molecular weight excluding hydrogens is 538 g/mol. The first-order chi connectivity index (χ1) is 21.8. The molecule has 0 radical (unpaired) electrons. The van der Waals surface area contributed by atoms with E-state index in [1.54, 1.807) is 0 Å². The number of rotatable bonds is 3. The molecule has 5 heteroatoms. The lowest BCUT2D eigenvalue weighted by Crippen LogP contribution is -2.35. The van der Waals surface area contributed by atoms with Crippen LogP contribution in [0.25, 0.3) is 44.5 Å². The highest BCUT2D eigenvalue weighted by atomic mass is 15.3. The fourth-order valence-corrected chi connectivity index (χ4v) is 6.92. The molecule has 0 amide bonds. The Morgan fingerprint density at radius 1 is 0.659 bits per heavy atom. The molecule has 1 aliphatic carbocycles. The molecule has 5 aromatic carbocycles. The maximum Gasteiger partial charge on any atom is 0.234 e. The van der Waals surface area contributed by atoms with Crippen LogP contribution in [0.15, 0.2) is 143 Å². The minimum atomic E-state index is -0.274. The number of nitrogens with zero attached hydrogens (tertiary/aromatic N) is 4. The Morgan fingerprint density at radius 3 is 2.20 bits per heavy atom. The third-order valence-electron chi connectivity index (χ3n) is 8.85. The van der Waals surface area contributed by atoms with E-state index in [4.69, 9.17) is 9.98 Å². The molecular formula is C39H29N5. The number of benzene rings is 5. The normalized spacial score (nSPS) is 16.1. The van der Waals surface area contributed by atoms with E-state index in [1.165, 1.54) is 38.6 Å². The molecule has 0 saturated carbocycles. The molecule has 0 bridgehead atoms. The van der Waals surface area contributed by atoms with Gasteiger partial charge in [-0.25, -0.2) is 4.99 Å². The summed E-state index contributed by atoms with van der Waals surface area (Å²) in [4.78, 5) is 10.5. The molecule has 7 aromatic rings. The minimum Gasteiger partial charge on any atom is -0.344 e. The molecule has 2 aliphatic rings. The van der Waals surface area contributed by atoms with Crippen LogP contribution in [0.2, 0.25) is 0 Å². The summed E-state index contributed by atoms with van der Waals surface area (Å²) in [7, 11) is 0. The fraction of sp³-hybridized carbons (Fsp3) is 0.0769. The van der Waals surface area contributed by atoms with E-state index in [0.717, 1.165) is 40.8 Å². The monoisotopic (exact) mass is 567 g/mol. The summed E-state index contributed by atoms with van der Waals surface area (Å²) >= 11 is 0. The molecule has 3 heterocycles. The van der Waals surface area contributed by atoms with Crippen molar-refractivity contribution in [1.29, 1.82) is 0 Å². The number of hydrogen-bond donors (Lipinski definition) is 1. The second-order valence-corrected chi connectivity index (χ2v) is 11.4. The Morgan fingerprint density at radius 2 is 1.39 bits per heavy atom. The molecule has 9 rings (SSSR count). The molecule has 210 valence electrons. The van der Waals surface area contributed by atoms with Gasteiger partial charge in [0.05, 0.1) is 16.6 Å². The minimum absolute atomic E-state index is 0.274. The van der Waals surface area contributed by atoms with Gasteiger partial charge < -0.3 is 9.88 Å². The summed E-state index contributed by atoms with van der Waals surface area (Å²) in [6, 6.07) is 44.7. The summed E-state index contributed by atoms with van der Waals surface area (Å²) in [5.41, 5.74) is 9.40. The first-order valence-electron chi connectivity index (χ1n) is 15.2. The van der Waals surface area contributed by atoms with Crippen molar-refractivity contribution in [2.45, 2.75) is 19.0 Å². The van der Waals surface area contributed by atoms with Crippen molar-refractivity contribution in [3.63, 3.8) is 0 Å². The van der Waals surface area contributed by atoms with Gasteiger partial charge in [0, 0.05) is 33.1 Å². The molecule has 1 aliphatic heterocycles. The van der Waals surface area contributed by atoms with E-state index in [9.17, 15) is 0 Å². The number of aryl methyl sites for hydroxylation is 1. The zero-order valence-corrected chi connectivity index (χ0v) is 24.1. The average molecular weight is 568 g/mol. The summed E-state index contributed by atoms with van der Waals surface area (Å²) in [5, 5.41) is 7.33. The lowest BCUT2D eigenvalue weighted by atomic mass is 10.00. The van der Waals surface area contributed by atoms with Gasteiger partial charge in [0.15, 0.2) is 0 Å². The number of fused-ring (bicyclic) bond motifs is 7. The predicted molar refractivity (Wildman–Crippen MR) is 182 cm³/mol. The topological polar surface area (TPSA) is 46.6 Å². The van der Waals surface area contributed by atoms with Crippen molar-refractivity contribution >= 4 is 50.6 Å². The molecule has 0 saturated heterocycles. The standard InChI is InChI=1S/C39H29N5/c1-4-14-26(15-5-1)37-40-38(27-16-6-2-7-17-27)42-39(41-37)44-33-23-13-11-21-31(33)35-34(44)25-24-30-29-20-10-12-22-32(29)43(36(30)35)28-18-8-3-9-19-28/h1-9,11-19,21-25,37H,10,20H2,(H,40,41,42). The summed E-state index contributed by atoms with van der Waals surface area (Å²) < 4.78 is 4.70. The van der Waals surface area contributed by atoms with Crippen LogP contribution >= 0.6 is 0 Å². The summed E-state index contributed by atoms with van der Waals surface area (Å²) in [6.07, 6.45) is 6.42. The lowest BCUT2D eigenvalue weighted by Gasteiger charge is -2.24. The first kappa shape index (κ1) is 24.9. The van der Waals surface area contributed by atoms with Crippen LogP contribution in [-0.4, -0.2) is 20.9 Å². The Hall–Kier alpha value is -5.68. The third kappa shape index (κ3) is 3.79. The van der Waals surface area contributed by atoms with Crippen LogP contribution < -0.4 is 5.32 Å². The van der Waals surface area contributed by atoms with Gasteiger partial charge in [0.1, 0.15) is 12.0 Å². The highest BCUT2D eigenvalue weighted by Gasteiger charge is 2.27. The Labute approximate surface area is 255 Å². The number of allylic oxidation sites excluding steroid dienone is 1. The second kappa shape index (κ2) is 9.96. The second-order valence-electron chi connectivity index (χ2n) is 11.4. The van der Waals surface area contributed by atoms with Crippen LogP contribution in [0.1, 0.15) is 35.0 Å². The van der Waals surface area contributed by atoms with Crippen LogP contribution in [-0.2, 0) is 6.42 Å². The highest BCUT2D eigenvalue weighted by Crippen LogP contribution is 2.42. The van der Waals surface area contributed by atoms with E-state index in [2.05, 4.69) is 130 Å². The molecule has 0 fully saturated rings. The molecule has 0 spiro atoms. The van der Waals surface area contributed by atoms with Gasteiger partial charge in [0.2, 0.25) is 5.96 Å². The maximum absolute atomic E-state index is 5.26. The summed E-state index contributed by atoms with van der Waals surface area (Å²) in [5.74, 6) is 1.48. The average Bonchev–Trinajstić information content (AvgIpc) is 3.62. The van der Waals surface area contributed by atoms with Gasteiger partial charge >= 0.3 is 0 Å². The summed E-state index contributed by atoms with van der Waals surface area (Å²) in [6.45, 7) is 0. The van der Waals surface area contributed by atoms with Crippen molar-refractivity contribution in [3.8, 4) is 5.69 Å². The van der Waals surface area contributed by atoms with Gasteiger partial charge in [-0.15, -0.1) is 0 Å². The molecule has 1 atom stereocenters. The number of hydrogen-bond acceptors (Lipinski definition) is 3. The Bertz CT molecular complexity index is 2290. The zero-order chi connectivity index (χ0) is 29.0. The van der Waals surface area contributed by atoms with Gasteiger partial charge in [-0.1, -0.05) is 109 Å². The first-order valence-corrected chi connectivity index (χ1v) is 15.2. The highest BCUT2D eigenvalue weighted by molar-refractivity contribution is 6.25. The van der Waals surface area contributed by atoms with Crippen LogP contribution in [0.3, 0.4) is 0 Å². The van der Waals surface area contributed by atoms with Gasteiger partial charge in [0.25, 0.3) is 0 Å². The maximum atomic E-state index is 5.26. The quantitative estimate of drug-likeness (QED) is 0.228. The molecule has 5 nitrogen and oxygen atoms in total. The van der Waals surface area contributed by atoms with Gasteiger partial charge in [-0.2, -0.15) is 4.99 Å². The number of amidine groups is 1. The van der Waals surface area contributed by atoms with Gasteiger partial charge in [-0.05, 0) is 54.3 Å². The van der Waals surface area contributed by atoms with Crippen molar-refractivity contribution in [3.05, 3.63) is 156 Å². The van der Waals surface area contributed by atoms with Crippen LogP contribution in [0.5, 0.6) is 0 Å². The molecule has 2 aromatic heterocycles. The largest absolute Gasteiger partial charge is 0.344 e. The molecule has 44 heavy (non-hydrogen) atoms. The molecule has 1 N–H and O–H groups in total. The third-order valence-corrected chi connectivity index (χ3v) is 8.85. The van der Waals surface area contributed by atoms with Gasteiger partial charge in [-0.3, -0.25) is 4.57 Å². The lowest BCUT2D eigenvalue weighted by molar-refractivity contribution is 0.668. The SMILES string of the molecule is C1=Cc2c(c3ccc4c(c5ccccc5n4C4=NC(c5ccccc5)NC(c5ccccc5)=N4)c3n2-c2ccccc2)CC1. The number of aromatic nitrogens is 2. The van der Waals surface area contributed by atoms with E-state index in [1.807, 2.05) is 24.3 Å². The van der Waals surface area contributed by atoms with Crippen molar-refractivity contribution in [1.82, 2.24) is 14.5 Å². The Kier molecular flexibility index (Phi) is 5.63. The van der Waals surface area contributed by atoms with Crippen LogP contribution in [0.4, 0.5) is 0 Å². The fourth-order valence-electron chi connectivity index (χ4n) is 6.92. The van der Waals surface area contributed by atoms with E-state index in [-0.39, 0.29) is 6.17 Å². The number of aliphatic imine (C=N–C) groups is 2. The van der Waals surface area contributed by atoms with Crippen molar-refractivity contribution in [2.75, 3.05) is 0 Å². The number of nitrogens with one attached hydrogen (secondary N) is 1.